The van der Waals surface area contributed by atoms with Crippen LogP contribution in [-0.2, 0) is 4.79 Å². The summed E-state index contributed by atoms with van der Waals surface area (Å²) in [7, 11) is 3.97. The van der Waals surface area contributed by atoms with Gasteiger partial charge < -0.3 is 14.4 Å². The second-order valence-corrected chi connectivity index (χ2v) is 8.51. The molecule has 0 atom stereocenters. The highest BCUT2D eigenvalue weighted by Gasteiger charge is 2.21. The average Bonchev–Trinajstić information content (AvgIpc) is 3.39. The first kappa shape index (κ1) is 21.7. The van der Waals surface area contributed by atoms with Crippen molar-refractivity contribution in [3.05, 3.63) is 58.2 Å². The number of nitrogens with zero attached hydrogens (tertiary/aromatic N) is 4. The van der Waals surface area contributed by atoms with Gasteiger partial charge in [0.1, 0.15) is 0 Å². The summed E-state index contributed by atoms with van der Waals surface area (Å²) in [6, 6.07) is 9.75. The van der Waals surface area contributed by atoms with Crippen LogP contribution in [0.3, 0.4) is 0 Å². The summed E-state index contributed by atoms with van der Waals surface area (Å²) in [6.45, 7) is 1.53. The molecule has 1 aromatic heterocycles. The zero-order valence-electron chi connectivity index (χ0n) is 17.7. The van der Waals surface area contributed by atoms with E-state index < -0.39 is 4.92 Å². The fraction of sp³-hybridized carbons (Fsp3) is 0.273. The lowest BCUT2D eigenvalue weighted by Gasteiger charge is -2.19. The average molecular weight is 455 g/mol. The first-order valence-electron chi connectivity index (χ1n) is 9.99. The third-order valence-corrected chi connectivity index (χ3v) is 5.92. The lowest BCUT2D eigenvalue weighted by atomic mass is 10.2. The number of fused-ring (bicyclic) bond motifs is 2. The number of anilines is 1. The standard InChI is InChI=1S/C22H22N4O5S/c1-24(2)10-3-11-25(21(27)9-6-15-4-7-16(8-5-15)26(28)29)22-23-17-12-18-19(31-14-30-18)13-20(17)32-22/h4-9,12-13H,3,10-11,14H2,1-2H3/b9-6-. The molecular weight excluding hydrogens is 432 g/mol. The van der Waals surface area contributed by atoms with Gasteiger partial charge in [-0.05, 0) is 50.8 Å². The number of aromatic nitrogens is 1. The molecule has 0 fully saturated rings. The van der Waals surface area contributed by atoms with Gasteiger partial charge in [0.25, 0.3) is 11.6 Å². The maximum Gasteiger partial charge on any atom is 0.269 e. The fourth-order valence-electron chi connectivity index (χ4n) is 3.23. The van der Waals surface area contributed by atoms with E-state index in [0.29, 0.717) is 28.7 Å². The number of carbonyl (C=O) groups is 1. The van der Waals surface area contributed by atoms with Gasteiger partial charge in [0.05, 0.1) is 15.1 Å². The van der Waals surface area contributed by atoms with Gasteiger partial charge in [-0.3, -0.25) is 19.8 Å². The summed E-state index contributed by atoms with van der Waals surface area (Å²) < 4.78 is 11.8. The fourth-order valence-corrected chi connectivity index (χ4v) is 4.24. The van der Waals surface area contributed by atoms with Crippen LogP contribution in [0.1, 0.15) is 12.0 Å². The predicted octanol–water partition coefficient (Wildman–Crippen LogP) is 3.93. The maximum absolute atomic E-state index is 13.1. The summed E-state index contributed by atoms with van der Waals surface area (Å²) in [5.74, 6) is 1.12. The lowest BCUT2D eigenvalue weighted by Crippen LogP contribution is -2.32. The number of nitro benzene ring substituents is 1. The molecule has 10 heteroatoms. The molecule has 1 amide bonds. The Morgan fingerprint density at radius 2 is 1.91 bits per heavy atom. The van der Waals surface area contributed by atoms with Crippen LogP contribution < -0.4 is 14.4 Å². The summed E-state index contributed by atoms with van der Waals surface area (Å²) in [5, 5.41) is 11.4. The van der Waals surface area contributed by atoms with Gasteiger partial charge in [0, 0.05) is 36.9 Å². The van der Waals surface area contributed by atoms with E-state index in [2.05, 4.69) is 9.88 Å². The van der Waals surface area contributed by atoms with Gasteiger partial charge in [-0.15, -0.1) is 0 Å². The SMILES string of the molecule is CN(C)CCCN(C(=O)/C=C\c1ccc([N+](=O)[O-])cc1)c1nc2cc3c(cc2s1)OCO3. The van der Waals surface area contributed by atoms with Gasteiger partial charge >= 0.3 is 0 Å². The topological polar surface area (TPSA) is 98.0 Å². The molecule has 0 aliphatic carbocycles. The Morgan fingerprint density at radius 1 is 1.19 bits per heavy atom. The molecule has 1 aliphatic heterocycles. The van der Waals surface area contributed by atoms with E-state index >= 15 is 0 Å². The van der Waals surface area contributed by atoms with Crippen LogP contribution >= 0.6 is 11.3 Å². The summed E-state index contributed by atoms with van der Waals surface area (Å²) >= 11 is 1.42. The van der Waals surface area contributed by atoms with Crippen molar-refractivity contribution in [2.24, 2.45) is 0 Å². The van der Waals surface area contributed by atoms with Crippen LogP contribution in [0.15, 0.2) is 42.5 Å². The molecule has 1 aliphatic rings. The van der Waals surface area contributed by atoms with Crippen LogP contribution in [0, 0.1) is 10.1 Å². The molecule has 4 rings (SSSR count). The van der Waals surface area contributed by atoms with E-state index in [-0.39, 0.29) is 18.4 Å². The molecule has 0 bridgehead atoms. The van der Waals surface area contributed by atoms with Crippen molar-refractivity contribution in [2.75, 3.05) is 38.9 Å². The second-order valence-electron chi connectivity index (χ2n) is 7.50. The minimum atomic E-state index is -0.454. The Bertz CT molecular complexity index is 1130. The molecule has 3 aromatic rings. The predicted molar refractivity (Wildman–Crippen MR) is 123 cm³/mol. The number of thiazole rings is 1. The minimum Gasteiger partial charge on any atom is -0.454 e. The highest BCUT2D eigenvalue weighted by Crippen LogP contribution is 2.39. The summed E-state index contributed by atoms with van der Waals surface area (Å²) in [6.07, 6.45) is 3.90. The highest BCUT2D eigenvalue weighted by molar-refractivity contribution is 7.22. The largest absolute Gasteiger partial charge is 0.454 e. The smallest absolute Gasteiger partial charge is 0.269 e. The molecule has 0 spiro atoms. The third kappa shape index (κ3) is 4.87. The number of ether oxygens (including phenoxy) is 2. The molecular formula is C22H22N4O5S. The Balaban J connectivity index is 1.57. The second kappa shape index (κ2) is 9.33. The molecule has 32 heavy (non-hydrogen) atoms. The van der Waals surface area contributed by atoms with Crippen molar-refractivity contribution in [1.29, 1.82) is 0 Å². The lowest BCUT2D eigenvalue weighted by molar-refractivity contribution is -0.384. The number of rotatable bonds is 8. The zero-order valence-corrected chi connectivity index (χ0v) is 18.5. The Kier molecular flexibility index (Phi) is 6.33. The van der Waals surface area contributed by atoms with Crippen LogP contribution in [0.4, 0.5) is 10.8 Å². The first-order chi connectivity index (χ1) is 15.4. The number of hydrogen-bond acceptors (Lipinski definition) is 8. The van der Waals surface area contributed by atoms with Gasteiger partial charge in [0.15, 0.2) is 16.6 Å². The summed E-state index contributed by atoms with van der Waals surface area (Å²) in [5.41, 5.74) is 1.46. The van der Waals surface area contributed by atoms with E-state index in [4.69, 9.17) is 9.47 Å². The molecule has 166 valence electrons. The molecule has 9 nitrogen and oxygen atoms in total. The third-order valence-electron chi connectivity index (χ3n) is 4.88. The van der Waals surface area contributed by atoms with Crippen molar-refractivity contribution < 1.29 is 19.2 Å². The van der Waals surface area contributed by atoms with E-state index in [1.807, 2.05) is 26.2 Å². The molecule has 2 heterocycles. The van der Waals surface area contributed by atoms with Crippen molar-refractivity contribution in [1.82, 2.24) is 9.88 Å². The Morgan fingerprint density at radius 3 is 2.59 bits per heavy atom. The van der Waals surface area contributed by atoms with E-state index in [1.165, 1.54) is 29.5 Å². The number of benzene rings is 2. The van der Waals surface area contributed by atoms with Crippen LogP contribution in [0.5, 0.6) is 11.5 Å². The molecule has 0 radical (unpaired) electrons. The van der Waals surface area contributed by atoms with Gasteiger partial charge in [0.2, 0.25) is 6.79 Å². The quantitative estimate of drug-likeness (QED) is 0.289. The van der Waals surface area contributed by atoms with E-state index in [9.17, 15) is 14.9 Å². The molecule has 0 unspecified atom stereocenters. The zero-order chi connectivity index (χ0) is 22.7. The van der Waals surface area contributed by atoms with Crippen molar-refractivity contribution in [3.8, 4) is 11.5 Å². The maximum atomic E-state index is 13.1. The number of nitro groups is 1. The Hall–Kier alpha value is -3.50. The first-order valence-corrected chi connectivity index (χ1v) is 10.8. The highest BCUT2D eigenvalue weighted by atomic mass is 32.1. The van der Waals surface area contributed by atoms with E-state index in [0.717, 1.165) is 23.2 Å². The minimum absolute atomic E-state index is 0.00752. The van der Waals surface area contributed by atoms with Crippen LogP contribution in [0.25, 0.3) is 16.3 Å². The molecule has 0 N–H and O–H groups in total. The summed E-state index contributed by atoms with van der Waals surface area (Å²) in [4.78, 5) is 31.8. The van der Waals surface area contributed by atoms with E-state index in [1.54, 1.807) is 23.1 Å². The van der Waals surface area contributed by atoms with Crippen molar-refractivity contribution in [3.63, 3.8) is 0 Å². The van der Waals surface area contributed by atoms with Crippen LogP contribution in [0.2, 0.25) is 0 Å². The van der Waals surface area contributed by atoms with Crippen molar-refractivity contribution >= 4 is 44.4 Å². The number of carbonyl (C=O) groups excluding carboxylic acids is 1. The van der Waals surface area contributed by atoms with Gasteiger partial charge in [-0.1, -0.05) is 11.3 Å². The van der Waals surface area contributed by atoms with Gasteiger partial charge in [-0.2, -0.15) is 0 Å². The van der Waals surface area contributed by atoms with Crippen molar-refractivity contribution in [2.45, 2.75) is 6.42 Å². The molecule has 0 saturated heterocycles. The molecule has 2 aromatic carbocycles. The molecule has 0 saturated carbocycles. The number of non-ortho nitro benzene ring substituents is 1. The number of hydrogen-bond donors (Lipinski definition) is 0. The monoisotopic (exact) mass is 454 g/mol. The van der Waals surface area contributed by atoms with Gasteiger partial charge in [-0.25, -0.2) is 4.98 Å². The normalized spacial score (nSPS) is 12.7. The Labute approximate surface area is 188 Å². The number of amides is 1. The van der Waals surface area contributed by atoms with Crippen LogP contribution in [-0.4, -0.2) is 54.7 Å².